The summed E-state index contributed by atoms with van der Waals surface area (Å²) in [5.41, 5.74) is 0. The molecule has 0 saturated heterocycles. The molecule has 0 atom stereocenters. The van der Waals surface area contributed by atoms with Gasteiger partial charge in [-0.05, 0) is 12.1 Å². The van der Waals surface area contributed by atoms with Gasteiger partial charge >= 0.3 is 7.49 Å². The van der Waals surface area contributed by atoms with Gasteiger partial charge in [0.05, 0.1) is 0 Å². The van der Waals surface area contributed by atoms with Crippen molar-refractivity contribution in [1.29, 1.82) is 0 Å². The first-order valence-corrected chi connectivity index (χ1v) is 12.0. The van der Waals surface area contributed by atoms with E-state index in [-0.39, 0.29) is 0 Å². The first kappa shape index (κ1) is 30.0. The third-order valence-corrected chi connectivity index (χ3v) is 9.04. The molecule has 0 aliphatic heterocycles. The Balaban J connectivity index is 2.47. The summed E-state index contributed by atoms with van der Waals surface area (Å²) in [6.07, 6.45) is 0. The van der Waals surface area contributed by atoms with E-state index in [4.69, 9.17) is 4.52 Å². The molecular formula is C24H5F15OP+. The molecule has 0 radical (unpaired) electrons. The Kier molecular flexibility index (Phi) is 7.67. The lowest BCUT2D eigenvalue weighted by atomic mass is 10.3. The molecule has 0 bridgehead atoms. The predicted octanol–water partition coefficient (Wildman–Crippen LogP) is 7.06. The maximum Gasteiger partial charge on any atom is 0.306 e. The molecule has 0 N–H and O–H groups in total. The van der Waals surface area contributed by atoms with Crippen LogP contribution in [0.15, 0.2) is 30.3 Å². The molecular weight excluding hydrogens is 620 g/mol. The standard InChI is InChI=1S/C24H5F15OP/c25-7-10(28)16(34)22(17(35)11(7)29)41(40-6-4-2-1-3-5-6,23-18(36)12(30)8(26)13(31)19(23)37)24-20(38)14(32)9(27)15(33)21(24)39/h1-5H/q+1. The quantitative estimate of drug-likeness (QED) is 0.1000. The zero-order valence-electron chi connectivity index (χ0n) is 18.9. The highest BCUT2D eigenvalue weighted by Gasteiger charge is 2.64. The summed E-state index contributed by atoms with van der Waals surface area (Å²) >= 11 is 0. The van der Waals surface area contributed by atoms with E-state index in [1.165, 1.54) is 0 Å². The SMILES string of the molecule is Fc1c(F)c(F)c([P+](Oc2ccccc2)(c2c(F)c(F)c(F)c(F)c2F)c2c(F)c(F)c(F)c(F)c2F)c(F)c1F. The van der Waals surface area contributed by atoms with Crippen molar-refractivity contribution in [2.75, 3.05) is 0 Å². The van der Waals surface area contributed by atoms with Crippen molar-refractivity contribution in [2.45, 2.75) is 0 Å². The average molecular weight is 625 g/mol. The first-order valence-electron chi connectivity index (χ1n) is 10.3. The normalized spacial score (nSPS) is 11.8. The van der Waals surface area contributed by atoms with Crippen LogP contribution in [0.1, 0.15) is 0 Å². The van der Waals surface area contributed by atoms with Gasteiger partial charge in [0.25, 0.3) is 0 Å². The third-order valence-electron chi connectivity index (χ3n) is 5.49. The van der Waals surface area contributed by atoms with Gasteiger partial charge in [-0.15, -0.1) is 0 Å². The van der Waals surface area contributed by atoms with Crippen LogP contribution in [0.3, 0.4) is 0 Å². The number of benzene rings is 4. The molecule has 0 unspecified atom stereocenters. The van der Waals surface area contributed by atoms with Crippen molar-refractivity contribution >= 4 is 23.4 Å². The predicted molar refractivity (Wildman–Crippen MR) is 112 cm³/mol. The summed E-state index contributed by atoms with van der Waals surface area (Å²) < 4.78 is 225. The monoisotopic (exact) mass is 625 g/mol. The van der Waals surface area contributed by atoms with Crippen LogP contribution in [0.4, 0.5) is 65.9 Å². The first-order chi connectivity index (χ1) is 19.1. The second-order valence-electron chi connectivity index (χ2n) is 7.77. The minimum Gasteiger partial charge on any atom is -0.334 e. The highest BCUT2D eigenvalue weighted by atomic mass is 31.2. The summed E-state index contributed by atoms with van der Waals surface area (Å²) in [6, 6.07) is 4.21. The van der Waals surface area contributed by atoms with E-state index in [0.29, 0.717) is 12.1 Å². The largest absolute Gasteiger partial charge is 0.334 e. The molecule has 17 heteroatoms. The van der Waals surface area contributed by atoms with Crippen LogP contribution in [0.5, 0.6) is 5.75 Å². The van der Waals surface area contributed by atoms with Crippen LogP contribution >= 0.6 is 7.49 Å². The van der Waals surface area contributed by atoms with Crippen LogP contribution in [-0.4, -0.2) is 0 Å². The fourth-order valence-corrected chi connectivity index (χ4v) is 7.35. The topological polar surface area (TPSA) is 9.23 Å². The molecule has 4 aromatic carbocycles. The van der Waals surface area contributed by atoms with Gasteiger partial charge < -0.3 is 4.52 Å². The van der Waals surface area contributed by atoms with Crippen molar-refractivity contribution < 1.29 is 70.4 Å². The fourth-order valence-electron chi connectivity index (χ4n) is 3.72. The molecule has 41 heavy (non-hydrogen) atoms. The van der Waals surface area contributed by atoms with Crippen molar-refractivity contribution in [2.24, 2.45) is 0 Å². The van der Waals surface area contributed by atoms with Gasteiger partial charge in [-0.2, -0.15) is 26.3 Å². The van der Waals surface area contributed by atoms with E-state index in [9.17, 15) is 39.5 Å². The Labute approximate surface area is 217 Å². The van der Waals surface area contributed by atoms with Gasteiger partial charge in [0.2, 0.25) is 103 Å². The number of rotatable bonds is 5. The second kappa shape index (κ2) is 10.5. The minimum atomic E-state index is -6.91. The molecule has 0 aliphatic rings. The number of para-hydroxylation sites is 1. The maximum absolute atomic E-state index is 15.3. The van der Waals surface area contributed by atoms with Gasteiger partial charge in [-0.25, -0.2) is 39.5 Å². The highest BCUT2D eigenvalue weighted by Crippen LogP contribution is 2.60. The van der Waals surface area contributed by atoms with Crippen LogP contribution in [0.25, 0.3) is 0 Å². The van der Waals surface area contributed by atoms with Gasteiger partial charge in [-0.1, -0.05) is 18.2 Å². The average Bonchev–Trinajstić information content (AvgIpc) is 2.95. The van der Waals surface area contributed by atoms with Gasteiger partial charge in [0, 0.05) is 0 Å². The molecule has 0 amide bonds. The van der Waals surface area contributed by atoms with Crippen molar-refractivity contribution in [3.8, 4) is 5.75 Å². The number of halogens is 15. The summed E-state index contributed by atoms with van der Waals surface area (Å²) in [5.74, 6) is -47.4. The molecule has 0 aromatic heterocycles. The van der Waals surface area contributed by atoms with Crippen molar-refractivity contribution in [3.05, 3.63) is 118 Å². The van der Waals surface area contributed by atoms with E-state index in [2.05, 4.69) is 0 Å². The Morgan fingerprint density at radius 2 is 0.537 bits per heavy atom. The van der Waals surface area contributed by atoms with E-state index < -0.39 is 116 Å². The lowest BCUT2D eigenvalue weighted by molar-refractivity contribution is 0.378. The van der Waals surface area contributed by atoms with E-state index in [0.717, 1.165) is 18.2 Å². The molecule has 0 fully saturated rings. The van der Waals surface area contributed by atoms with Crippen molar-refractivity contribution in [1.82, 2.24) is 0 Å². The van der Waals surface area contributed by atoms with E-state index >= 15 is 26.3 Å². The molecule has 0 spiro atoms. The Bertz CT molecular complexity index is 1470. The van der Waals surface area contributed by atoms with Crippen LogP contribution in [0, 0.1) is 87.3 Å². The van der Waals surface area contributed by atoms with Crippen LogP contribution in [0.2, 0.25) is 0 Å². The van der Waals surface area contributed by atoms with Crippen molar-refractivity contribution in [3.63, 3.8) is 0 Å². The second-order valence-corrected chi connectivity index (χ2v) is 10.5. The Morgan fingerprint density at radius 1 is 0.317 bits per heavy atom. The molecule has 0 aliphatic carbocycles. The maximum atomic E-state index is 15.3. The lowest BCUT2D eigenvalue weighted by Gasteiger charge is -2.28. The summed E-state index contributed by atoms with van der Waals surface area (Å²) in [4.78, 5) is 0. The lowest BCUT2D eigenvalue weighted by Crippen LogP contribution is -2.46. The summed E-state index contributed by atoms with van der Waals surface area (Å²) in [5, 5.41) is -8.41. The molecule has 4 rings (SSSR count). The summed E-state index contributed by atoms with van der Waals surface area (Å²) in [7, 11) is -6.91. The molecule has 216 valence electrons. The highest BCUT2D eigenvalue weighted by molar-refractivity contribution is 7.92. The van der Waals surface area contributed by atoms with Crippen LogP contribution < -0.4 is 20.4 Å². The summed E-state index contributed by atoms with van der Waals surface area (Å²) in [6.45, 7) is 0. The van der Waals surface area contributed by atoms with E-state index in [1.807, 2.05) is 0 Å². The minimum absolute atomic E-state index is 0.624. The molecule has 0 saturated carbocycles. The van der Waals surface area contributed by atoms with Gasteiger partial charge in [-0.3, -0.25) is 0 Å². The van der Waals surface area contributed by atoms with Crippen LogP contribution in [-0.2, 0) is 0 Å². The third kappa shape index (κ3) is 4.26. The molecule has 0 heterocycles. The van der Waals surface area contributed by atoms with E-state index in [1.54, 1.807) is 0 Å². The zero-order valence-corrected chi connectivity index (χ0v) is 19.8. The number of hydrogen-bond donors (Lipinski definition) is 0. The Morgan fingerprint density at radius 3 is 0.780 bits per heavy atom. The Hall–Kier alpha value is -3.94. The molecule has 4 aromatic rings. The number of hydrogen-bond acceptors (Lipinski definition) is 1. The van der Waals surface area contributed by atoms with Gasteiger partial charge in [0.1, 0.15) is 0 Å². The molecule has 1 nitrogen and oxygen atoms in total. The zero-order chi connectivity index (χ0) is 30.7. The smallest absolute Gasteiger partial charge is 0.306 e. The van der Waals surface area contributed by atoms with Gasteiger partial charge in [0.15, 0.2) is 5.75 Å². The fraction of sp³-hybridized carbons (Fsp3) is 0.